The molecule has 0 spiro atoms. The summed E-state index contributed by atoms with van der Waals surface area (Å²) in [5.74, 6) is 1.14. The first kappa shape index (κ1) is 14.1. The van der Waals surface area contributed by atoms with Gasteiger partial charge in [0.2, 0.25) is 12.7 Å². The third kappa shape index (κ3) is 2.93. The minimum absolute atomic E-state index is 0.0300. The van der Waals surface area contributed by atoms with Gasteiger partial charge in [-0.05, 0) is 24.6 Å². The molecule has 1 amide bonds. The molecule has 0 saturated heterocycles. The van der Waals surface area contributed by atoms with Crippen LogP contribution in [0.1, 0.15) is 11.3 Å². The van der Waals surface area contributed by atoms with Crippen molar-refractivity contribution in [2.45, 2.75) is 20.0 Å². The third-order valence-corrected chi connectivity index (χ3v) is 3.37. The van der Waals surface area contributed by atoms with Crippen LogP contribution in [0.15, 0.2) is 35.4 Å². The Hall–Kier alpha value is -2.83. The van der Waals surface area contributed by atoms with Gasteiger partial charge in [-0.25, -0.2) is 0 Å². The molecular formula is C15H15N3O4. The Balaban J connectivity index is 1.62. The summed E-state index contributed by atoms with van der Waals surface area (Å²) < 4.78 is 11.9. The van der Waals surface area contributed by atoms with E-state index in [1.54, 1.807) is 19.2 Å². The zero-order valence-corrected chi connectivity index (χ0v) is 12.0. The lowest BCUT2D eigenvalue weighted by molar-refractivity contribution is -0.121. The minimum atomic E-state index is -0.293. The van der Waals surface area contributed by atoms with Crippen molar-refractivity contribution in [2.24, 2.45) is 0 Å². The van der Waals surface area contributed by atoms with Crippen molar-refractivity contribution >= 4 is 5.91 Å². The maximum Gasteiger partial charge on any atom is 0.269 e. The Bertz CT molecular complexity index is 770. The number of aryl methyl sites for hydroxylation is 1. The van der Waals surface area contributed by atoms with E-state index in [0.717, 1.165) is 5.56 Å². The number of aromatic nitrogens is 2. The van der Waals surface area contributed by atoms with Crippen LogP contribution in [0.5, 0.6) is 11.5 Å². The number of hydrogen-bond acceptors (Lipinski definition) is 5. The second-order valence-electron chi connectivity index (χ2n) is 4.94. The summed E-state index contributed by atoms with van der Waals surface area (Å²) in [5, 5.41) is 2.78. The summed E-state index contributed by atoms with van der Waals surface area (Å²) in [5.41, 5.74) is 1.25. The van der Waals surface area contributed by atoms with Gasteiger partial charge in [-0.1, -0.05) is 6.07 Å². The van der Waals surface area contributed by atoms with E-state index in [0.29, 0.717) is 23.7 Å². The molecule has 2 heterocycles. The van der Waals surface area contributed by atoms with E-state index in [9.17, 15) is 9.59 Å². The number of amides is 1. The lowest BCUT2D eigenvalue weighted by Gasteiger charge is -2.10. The van der Waals surface area contributed by atoms with Crippen LogP contribution in [-0.2, 0) is 17.9 Å². The van der Waals surface area contributed by atoms with E-state index in [1.165, 1.54) is 10.8 Å². The molecule has 114 valence electrons. The number of nitrogens with zero attached hydrogens (tertiary/aromatic N) is 2. The number of benzene rings is 1. The van der Waals surface area contributed by atoms with E-state index in [4.69, 9.17) is 9.47 Å². The van der Waals surface area contributed by atoms with E-state index < -0.39 is 0 Å². The summed E-state index contributed by atoms with van der Waals surface area (Å²) in [6, 6.07) is 5.49. The Morgan fingerprint density at radius 3 is 2.95 bits per heavy atom. The molecule has 1 aliphatic rings. The molecule has 0 saturated carbocycles. The second-order valence-corrected chi connectivity index (χ2v) is 4.94. The average molecular weight is 301 g/mol. The van der Waals surface area contributed by atoms with Crippen molar-refractivity contribution in [3.63, 3.8) is 0 Å². The maximum absolute atomic E-state index is 12.0. The number of hydrogen-bond donors (Lipinski definition) is 1. The minimum Gasteiger partial charge on any atom is -0.454 e. The Labute approximate surface area is 126 Å². The van der Waals surface area contributed by atoms with Crippen molar-refractivity contribution in [3.8, 4) is 11.5 Å². The molecule has 3 rings (SSSR count). The first-order valence-electron chi connectivity index (χ1n) is 6.80. The summed E-state index contributed by atoms with van der Waals surface area (Å²) in [6.45, 7) is 2.28. The topological polar surface area (TPSA) is 82.5 Å². The van der Waals surface area contributed by atoms with Gasteiger partial charge in [0.05, 0.1) is 6.20 Å². The summed E-state index contributed by atoms with van der Waals surface area (Å²) in [4.78, 5) is 27.4. The highest BCUT2D eigenvalue weighted by Gasteiger charge is 2.13. The fourth-order valence-electron chi connectivity index (χ4n) is 2.18. The number of carbonyl (C=O) groups excluding carboxylic acids is 1. The quantitative estimate of drug-likeness (QED) is 0.894. The van der Waals surface area contributed by atoms with E-state index >= 15 is 0 Å². The molecule has 7 nitrogen and oxygen atoms in total. The third-order valence-electron chi connectivity index (χ3n) is 3.37. The highest BCUT2D eigenvalue weighted by atomic mass is 16.7. The second kappa shape index (κ2) is 5.88. The number of ether oxygens (including phenoxy) is 2. The Kier molecular flexibility index (Phi) is 3.78. The monoisotopic (exact) mass is 301 g/mol. The van der Waals surface area contributed by atoms with Gasteiger partial charge >= 0.3 is 0 Å². The molecule has 0 aliphatic carbocycles. The summed E-state index contributed by atoms with van der Waals surface area (Å²) >= 11 is 0. The molecule has 7 heteroatoms. The van der Waals surface area contributed by atoms with E-state index in [1.807, 2.05) is 12.1 Å². The van der Waals surface area contributed by atoms with Gasteiger partial charge in [-0.15, -0.1) is 0 Å². The lowest BCUT2D eigenvalue weighted by atomic mass is 10.2. The van der Waals surface area contributed by atoms with Crippen LogP contribution < -0.4 is 20.3 Å². The SMILES string of the molecule is Cc1cncc(=O)n1CC(=O)NCc1ccc2c(c1)OCO2. The van der Waals surface area contributed by atoms with Gasteiger partial charge in [0, 0.05) is 18.4 Å². The molecule has 0 radical (unpaired) electrons. The van der Waals surface area contributed by atoms with Gasteiger partial charge in [0.1, 0.15) is 6.54 Å². The predicted molar refractivity (Wildman–Crippen MR) is 77.6 cm³/mol. The number of nitrogens with one attached hydrogen (secondary N) is 1. The van der Waals surface area contributed by atoms with Crippen LogP contribution >= 0.6 is 0 Å². The van der Waals surface area contributed by atoms with Gasteiger partial charge in [0.15, 0.2) is 11.5 Å². The fourth-order valence-corrected chi connectivity index (χ4v) is 2.18. The molecule has 0 bridgehead atoms. The fraction of sp³-hybridized carbons (Fsp3) is 0.267. The van der Waals surface area contributed by atoms with Crippen LogP contribution in [0.3, 0.4) is 0 Å². The first-order chi connectivity index (χ1) is 10.6. The molecule has 0 fully saturated rings. The summed E-state index contributed by atoms with van der Waals surface area (Å²) in [6.07, 6.45) is 2.74. The van der Waals surface area contributed by atoms with Crippen LogP contribution in [0.25, 0.3) is 0 Å². The largest absolute Gasteiger partial charge is 0.454 e. The van der Waals surface area contributed by atoms with Crippen molar-refractivity contribution in [1.29, 1.82) is 0 Å². The molecule has 0 unspecified atom stereocenters. The average Bonchev–Trinajstić information content (AvgIpc) is 2.96. The Morgan fingerprint density at radius 1 is 1.32 bits per heavy atom. The molecular weight excluding hydrogens is 286 g/mol. The lowest BCUT2D eigenvalue weighted by Crippen LogP contribution is -2.33. The number of rotatable bonds is 4. The molecule has 1 aromatic carbocycles. The van der Waals surface area contributed by atoms with Crippen molar-refractivity contribution < 1.29 is 14.3 Å². The van der Waals surface area contributed by atoms with Crippen molar-refractivity contribution in [2.75, 3.05) is 6.79 Å². The highest BCUT2D eigenvalue weighted by Crippen LogP contribution is 2.32. The molecule has 1 aromatic heterocycles. The van der Waals surface area contributed by atoms with Gasteiger partial charge < -0.3 is 19.4 Å². The van der Waals surface area contributed by atoms with Gasteiger partial charge in [0.25, 0.3) is 5.56 Å². The predicted octanol–water partition coefficient (Wildman–Crippen LogP) is 0.597. The summed E-state index contributed by atoms with van der Waals surface area (Å²) in [7, 11) is 0. The van der Waals surface area contributed by atoms with Gasteiger partial charge in [-0.3, -0.25) is 14.6 Å². The zero-order valence-electron chi connectivity index (χ0n) is 12.0. The Morgan fingerprint density at radius 2 is 2.14 bits per heavy atom. The molecule has 22 heavy (non-hydrogen) atoms. The maximum atomic E-state index is 12.0. The van der Waals surface area contributed by atoms with Crippen LogP contribution in [0, 0.1) is 6.92 Å². The van der Waals surface area contributed by atoms with Crippen molar-refractivity contribution in [3.05, 3.63) is 52.2 Å². The van der Waals surface area contributed by atoms with Gasteiger partial charge in [-0.2, -0.15) is 0 Å². The molecule has 2 aromatic rings. The number of fused-ring (bicyclic) bond motifs is 1. The van der Waals surface area contributed by atoms with Crippen LogP contribution in [-0.4, -0.2) is 22.3 Å². The molecule has 0 atom stereocenters. The zero-order chi connectivity index (χ0) is 15.5. The number of carbonyl (C=O) groups is 1. The molecule has 1 aliphatic heterocycles. The molecule has 1 N–H and O–H groups in total. The standard InChI is InChI=1S/C15H15N3O4/c1-10-5-16-7-15(20)18(10)8-14(19)17-6-11-2-3-12-13(4-11)22-9-21-12/h2-5,7H,6,8-9H2,1H3,(H,17,19). The highest BCUT2D eigenvalue weighted by molar-refractivity contribution is 5.75. The smallest absolute Gasteiger partial charge is 0.269 e. The first-order valence-corrected chi connectivity index (χ1v) is 6.80. The van der Waals surface area contributed by atoms with Crippen LogP contribution in [0.2, 0.25) is 0 Å². The van der Waals surface area contributed by atoms with Crippen LogP contribution in [0.4, 0.5) is 0 Å². The van der Waals surface area contributed by atoms with E-state index in [-0.39, 0.29) is 24.8 Å². The van der Waals surface area contributed by atoms with E-state index in [2.05, 4.69) is 10.3 Å². The normalized spacial score (nSPS) is 12.2. The van der Waals surface area contributed by atoms with Crippen molar-refractivity contribution in [1.82, 2.24) is 14.9 Å².